The number of benzene rings is 3. The molecule has 0 aromatic heterocycles. The number of amides is 2. The van der Waals surface area contributed by atoms with Gasteiger partial charge in [0.15, 0.2) is 0 Å². The fraction of sp³-hybridized carbons (Fsp3) is 0.333. The first-order chi connectivity index (χ1) is 19.4. The Kier molecular flexibility index (Phi) is 11.5. The number of hydrogen-bond donors (Lipinski definition) is 1. The van der Waals surface area contributed by atoms with E-state index in [-0.39, 0.29) is 29.1 Å². The average Bonchev–Trinajstić information content (AvgIpc) is 2.94. The minimum Gasteiger partial charge on any atom is -0.352 e. The monoisotopic (exact) mass is 637 g/mol. The highest BCUT2D eigenvalue weighted by Gasteiger charge is 2.34. The molecule has 0 aliphatic rings. The first-order valence-electron chi connectivity index (χ1n) is 13.3. The zero-order valence-corrected chi connectivity index (χ0v) is 26.5. The first kappa shape index (κ1) is 32.7. The van der Waals surface area contributed by atoms with Gasteiger partial charge in [0.25, 0.3) is 10.0 Å². The van der Waals surface area contributed by atoms with Crippen molar-refractivity contribution in [2.45, 2.75) is 64.1 Å². The summed E-state index contributed by atoms with van der Waals surface area (Å²) in [7, 11) is -4.20. The lowest BCUT2D eigenvalue weighted by molar-refractivity contribution is -0.140. The molecule has 0 aliphatic carbocycles. The summed E-state index contributed by atoms with van der Waals surface area (Å²) < 4.78 is 29.0. The van der Waals surface area contributed by atoms with Gasteiger partial charge in [-0.3, -0.25) is 13.9 Å². The number of nitrogens with zero attached hydrogens (tertiary/aromatic N) is 2. The number of rotatable bonds is 12. The number of carbonyl (C=O) groups is 2. The van der Waals surface area contributed by atoms with E-state index in [1.165, 1.54) is 17.0 Å². The number of hydrogen-bond acceptors (Lipinski definition) is 4. The van der Waals surface area contributed by atoms with Gasteiger partial charge in [0.05, 0.1) is 10.6 Å². The second kappa shape index (κ2) is 14.4. The molecule has 0 saturated heterocycles. The van der Waals surface area contributed by atoms with Gasteiger partial charge in [-0.05, 0) is 74.2 Å². The minimum absolute atomic E-state index is 0.0148. The molecule has 0 spiro atoms. The number of nitrogens with one attached hydrogen (secondary N) is 1. The van der Waals surface area contributed by atoms with Crippen LogP contribution >= 0.6 is 34.8 Å². The summed E-state index contributed by atoms with van der Waals surface area (Å²) >= 11 is 18.9. The van der Waals surface area contributed by atoms with Crippen LogP contribution in [0.1, 0.15) is 44.7 Å². The second-order valence-corrected chi connectivity index (χ2v) is 12.8. The quantitative estimate of drug-likeness (QED) is 0.235. The van der Waals surface area contributed by atoms with Crippen LogP contribution in [0.15, 0.2) is 71.6 Å². The number of carbonyl (C=O) groups excluding carboxylic acids is 2. The summed E-state index contributed by atoms with van der Waals surface area (Å²) in [5.41, 5.74) is 1.32. The molecule has 7 nitrogen and oxygen atoms in total. The van der Waals surface area contributed by atoms with Crippen molar-refractivity contribution < 1.29 is 18.0 Å². The lowest BCUT2D eigenvalue weighted by Crippen LogP contribution is -2.53. The molecule has 41 heavy (non-hydrogen) atoms. The summed E-state index contributed by atoms with van der Waals surface area (Å²) in [6.07, 6.45) is 0.997. The van der Waals surface area contributed by atoms with Gasteiger partial charge < -0.3 is 10.2 Å². The minimum atomic E-state index is -4.20. The Morgan fingerprint density at radius 1 is 0.902 bits per heavy atom. The lowest BCUT2D eigenvalue weighted by Gasteiger charge is -2.34. The molecule has 0 fully saturated rings. The fourth-order valence-corrected chi connectivity index (χ4v) is 6.42. The Bertz CT molecular complexity index is 1490. The SMILES string of the molecule is CCC(C)NC(=O)C(CC)N(Cc1ccc(Cl)cc1Cl)C(=O)CN(c1cccc(Cl)c1C)S(=O)(=O)c1ccccc1. The molecule has 2 atom stereocenters. The lowest BCUT2D eigenvalue weighted by atomic mass is 10.1. The van der Waals surface area contributed by atoms with Gasteiger partial charge in [-0.25, -0.2) is 8.42 Å². The summed E-state index contributed by atoms with van der Waals surface area (Å²) in [6, 6.07) is 16.6. The van der Waals surface area contributed by atoms with Crippen molar-refractivity contribution in [1.82, 2.24) is 10.2 Å². The maximum atomic E-state index is 14.2. The van der Waals surface area contributed by atoms with Crippen molar-refractivity contribution in [3.05, 3.63) is 92.9 Å². The Balaban J connectivity index is 2.11. The van der Waals surface area contributed by atoms with Crippen LogP contribution in [-0.2, 0) is 26.2 Å². The molecular weight excluding hydrogens is 605 g/mol. The molecular formula is C30H34Cl3N3O4S. The van der Waals surface area contributed by atoms with E-state index in [1.807, 2.05) is 13.8 Å². The van der Waals surface area contributed by atoms with Crippen LogP contribution in [0.3, 0.4) is 0 Å². The van der Waals surface area contributed by atoms with Crippen molar-refractivity contribution in [2.24, 2.45) is 0 Å². The van der Waals surface area contributed by atoms with E-state index < -0.39 is 28.5 Å². The predicted octanol–water partition coefficient (Wildman–Crippen LogP) is 6.87. The smallest absolute Gasteiger partial charge is 0.264 e. The maximum Gasteiger partial charge on any atom is 0.264 e. The fourth-order valence-electron chi connectivity index (χ4n) is 4.29. The highest BCUT2D eigenvalue weighted by Crippen LogP contribution is 2.31. The Hall–Kier alpha value is -2.78. The standard InChI is InChI=1S/C30H34Cl3N3O4S/c1-5-20(3)34-30(38)27(6-2)35(18-22-15-16-23(31)17-26(22)33)29(37)19-36(28-14-10-13-25(32)21(28)4)41(39,40)24-11-8-7-9-12-24/h7-17,20,27H,5-6,18-19H2,1-4H3,(H,34,38). The molecule has 0 saturated carbocycles. The van der Waals surface area contributed by atoms with Crippen LogP contribution in [0.2, 0.25) is 15.1 Å². The van der Waals surface area contributed by atoms with Crippen molar-refractivity contribution in [3.8, 4) is 0 Å². The van der Waals surface area contributed by atoms with Gasteiger partial charge in [-0.2, -0.15) is 0 Å². The maximum absolute atomic E-state index is 14.2. The third-order valence-corrected chi connectivity index (χ3v) is 9.63. The zero-order chi connectivity index (χ0) is 30.3. The van der Waals surface area contributed by atoms with Crippen molar-refractivity contribution in [3.63, 3.8) is 0 Å². The molecule has 3 rings (SSSR count). The molecule has 0 bridgehead atoms. The summed E-state index contributed by atoms with van der Waals surface area (Å²) in [5, 5.41) is 4.05. The van der Waals surface area contributed by atoms with E-state index in [4.69, 9.17) is 34.8 Å². The van der Waals surface area contributed by atoms with Crippen molar-refractivity contribution >= 4 is 62.3 Å². The van der Waals surface area contributed by atoms with E-state index in [0.717, 1.165) is 4.31 Å². The largest absolute Gasteiger partial charge is 0.352 e. The van der Waals surface area contributed by atoms with Crippen LogP contribution < -0.4 is 9.62 Å². The molecule has 2 unspecified atom stereocenters. The van der Waals surface area contributed by atoms with Crippen LogP contribution in [0.5, 0.6) is 0 Å². The third kappa shape index (κ3) is 7.95. The normalized spacial score (nSPS) is 12.9. The van der Waals surface area contributed by atoms with Crippen LogP contribution in [0, 0.1) is 6.92 Å². The highest BCUT2D eigenvalue weighted by molar-refractivity contribution is 7.92. The molecule has 3 aromatic rings. The number of anilines is 1. The number of halogens is 3. The van der Waals surface area contributed by atoms with Gasteiger partial charge in [-0.1, -0.05) is 79.0 Å². The van der Waals surface area contributed by atoms with Gasteiger partial charge in [0, 0.05) is 27.7 Å². The number of sulfonamides is 1. The molecule has 2 amide bonds. The zero-order valence-electron chi connectivity index (χ0n) is 23.4. The van der Waals surface area contributed by atoms with Gasteiger partial charge in [0.1, 0.15) is 12.6 Å². The molecule has 220 valence electrons. The topological polar surface area (TPSA) is 86.8 Å². The van der Waals surface area contributed by atoms with Crippen molar-refractivity contribution in [2.75, 3.05) is 10.8 Å². The first-order valence-corrected chi connectivity index (χ1v) is 15.8. The molecule has 0 heterocycles. The Labute approximate surface area is 257 Å². The molecule has 0 aliphatic heterocycles. The van der Waals surface area contributed by atoms with E-state index in [9.17, 15) is 18.0 Å². The summed E-state index contributed by atoms with van der Waals surface area (Å²) in [4.78, 5) is 29.0. The highest BCUT2D eigenvalue weighted by atomic mass is 35.5. The van der Waals surface area contributed by atoms with E-state index in [0.29, 0.717) is 39.0 Å². The third-order valence-electron chi connectivity index (χ3n) is 6.86. The van der Waals surface area contributed by atoms with Gasteiger partial charge in [-0.15, -0.1) is 0 Å². The second-order valence-electron chi connectivity index (χ2n) is 9.71. The summed E-state index contributed by atoms with van der Waals surface area (Å²) in [6.45, 7) is 6.70. The van der Waals surface area contributed by atoms with Crippen LogP contribution in [0.25, 0.3) is 0 Å². The average molecular weight is 639 g/mol. The Morgan fingerprint density at radius 3 is 2.20 bits per heavy atom. The van der Waals surface area contributed by atoms with Gasteiger partial charge in [0.2, 0.25) is 11.8 Å². The predicted molar refractivity (Wildman–Crippen MR) is 166 cm³/mol. The molecule has 3 aromatic carbocycles. The van der Waals surface area contributed by atoms with E-state index in [2.05, 4.69) is 5.32 Å². The van der Waals surface area contributed by atoms with Crippen LogP contribution in [-0.4, -0.2) is 43.8 Å². The van der Waals surface area contributed by atoms with Crippen molar-refractivity contribution in [1.29, 1.82) is 0 Å². The summed E-state index contributed by atoms with van der Waals surface area (Å²) in [5.74, 6) is -0.919. The molecule has 0 radical (unpaired) electrons. The van der Waals surface area contributed by atoms with E-state index >= 15 is 0 Å². The Morgan fingerprint density at radius 2 is 1.59 bits per heavy atom. The molecule has 11 heteroatoms. The van der Waals surface area contributed by atoms with Gasteiger partial charge >= 0.3 is 0 Å². The molecule has 1 N–H and O–H groups in total. The van der Waals surface area contributed by atoms with Crippen LogP contribution in [0.4, 0.5) is 5.69 Å². The van der Waals surface area contributed by atoms with E-state index in [1.54, 1.807) is 68.4 Å².